The second-order valence-electron chi connectivity index (χ2n) is 3.63. The summed E-state index contributed by atoms with van der Waals surface area (Å²) < 4.78 is 38.6. The van der Waals surface area contributed by atoms with Crippen molar-refractivity contribution in [2.24, 2.45) is 0 Å². The van der Waals surface area contributed by atoms with E-state index in [0.717, 1.165) is 6.07 Å². The number of benzene rings is 1. The molecule has 0 spiro atoms. The number of alkyl halides is 3. The summed E-state index contributed by atoms with van der Waals surface area (Å²) in [6, 6.07) is 6.53. The molecule has 0 fully saturated rings. The summed E-state index contributed by atoms with van der Waals surface area (Å²) in [4.78, 5) is 3.76. The molecule has 0 saturated carbocycles. The van der Waals surface area contributed by atoms with Gasteiger partial charge in [-0.2, -0.15) is 13.2 Å². The van der Waals surface area contributed by atoms with Gasteiger partial charge in [0, 0.05) is 11.8 Å². The summed E-state index contributed by atoms with van der Waals surface area (Å²) in [5, 5.41) is 0.233. The molecule has 0 unspecified atom stereocenters. The van der Waals surface area contributed by atoms with Gasteiger partial charge in [-0.3, -0.25) is 0 Å². The molecule has 0 radical (unpaired) electrons. The van der Waals surface area contributed by atoms with E-state index in [9.17, 15) is 13.2 Å². The number of aromatic nitrogens is 1. The Hall–Kier alpha value is -1.75. The maximum absolute atomic E-state index is 12.9. The first-order chi connectivity index (χ1) is 8.39. The van der Waals surface area contributed by atoms with Crippen molar-refractivity contribution in [2.75, 3.05) is 5.73 Å². The van der Waals surface area contributed by atoms with Gasteiger partial charge in [0.25, 0.3) is 0 Å². The van der Waals surface area contributed by atoms with Crippen LogP contribution in [0.4, 0.5) is 19.0 Å². The van der Waals surface area contributed by atoms with Crippen molar-refractivity contribution in [3.63, 3.8) is 0 Å². The van der Waals surface area contributed by atoms with Gasteiger partial charge < -0.3 is 5.73 Å². The summed E-state index contributed by atoms with van der Waals surface area (Å²) in [5.74, 6) is 0.0103. The normalized spacial score (nSPS) is 11.6. The van der Waals surface area contributed by atoms with E-state index in [-0.39, 0.29) is 22.0 Å². The van der Waals surface area contributed by atoms with Gasteiger partial charge in [-0.1, -0.05) is 29.8 Å². The molecule has 6 heteroatoms. The molecule has 1 aromatic carbocycles. The Morgan fingerprint density at radius 1 is 1.11 bits per heavy atom. The number of hydrogen-bond acceptors (Lipinski definition) is 2. The van der Waals surface area contributed by atoms with Crippen LogP contribution in [0.1, 0.15) is 5.56 Å². The molecule has 2 rings (SSSR count). The fourth-order valence-electron chi connectivity index (χ4n) is 1.63. The van der Waals surface area contributed by atoms with E-state index in [1.54, 1.807) is 0 Å². The summed E-state index contributed by atoms with van der Waals surface area (Å²) >= 11 is 5.73. The lowest BCUT2D eigenvalue weighted by Gasteiger charge is -2.13. The van der Waals surface area contributed by atoms with Crippen molar-refractivity contribution >= 4 is 17.4 Å². The number of nitrogens with zero attached hydrogens (tertiary/aromatic N) is 1. The second-order valence-corrected chi connectivity index (χ2v) is 4.07. The van der Waals surface area contributed by atoms with Crippen LogP contribution >= 0.6 is 11.6 Å². The summed E-state index contributed by atoms with van der Waals surface area (Å²) in [6.07, 6.45) is -3.16. The topological polar surface area (TPSA) is 38.9 Å². The third kappa shape index (κ3) is 2.41. The fourth-order valence-corrected chi connectivity index (χ4v) is 1.79. The number of nitrogens with two attached hydrogens (primary N) is 1. The molecule has 0 aliphatic carbocycles. The van der Waals surface area contributed by atoms with Crippen LogP contribution in [0.3, 0.4) is 0 Å². The van der Waals surface area contributed by atoms with Crippen molar-refractivity contribution in [3.05, 3.63) is 47.1 Å². The molecule has 2 aromatic rings. The van der Waals surface area contributed by atoms with Crippen molar-refractivity contribution < 1.29 is 13.2 Å². The van der Waals surface area contributed by atoms with Crippen LogP contribution in [0.15, 0.2) is 36.5 Å². The fraction of sp³-hybridized carbons (Fsp3) is 0.0833. The Kier molecular flexibility index (Phi) is 3.17. The highest BCUT2D eigenvalue weighted by Crippen LogP contribution is 2.38. The minimum Gasteiger partial charge on any atom is -0.383 e. The van der Waals surface area contributed by atoms with Gasteiger partial charge in [0.1, 0.15) is 5.82 Å². The van der Waals surface area contributed by atoms with Gasteiger partial charge in [-0.05, 0) is 17.7 Å². The smallest absolute Gasteiger partial charge is 0.383 e. The molecule has 18 heavy (non-hydrogen) atoms. The van der Waals surface area contributed by atoms with E-state index in [1.807, 2.05) is 0 Å². The first kappa shape index (κ1) is 12.7. The molecule has 2 nitrogen and oxygen atoms in total. The quantitative estimate of drug-likeness (QED) is 0.852. The molecule has 1 aromatic heterocycles. The molecule has 1 heterocycles. The molecule has 94 valence electrons. The van der Waals surface area contributed by atoms with E-state index < -0.39 is 11.7 Å². The highest BCUT2D eigenvalue weighted by atomic mass is 35.5. The lowest BCUT2D eigenvalue weighted by molar-refractivity contribution is -0.137. The van der Waals surface area contributed by atoms with Gasteiger partial charge in [-0.25, -0.2) is 4.98 Å². The molecular formula is C12H8ClF3N2. The van der Waals surface area contributed by atoms with E-state index in [1.165, 1.54) is 30.5 Å². The summed E-state index contributed by atoms with van der Waals surface area (Å²) in [6.45, 7) is 0. The van der Waals surface area contributed by atoms with Crippen LogP contribution in [0.2, 0.25) is 5.02 Å². The third-order valence-electron chi connectivity index (χ3n) is 2.41. The van der Waals surface area contributed by atoms with Crippen LogP contribution in [0.25, 0.3) is 11.1 Å². The average molecular weight is 273 g/mol. The lowest BCUT2D eigenvalue weighted by Crippen LogP contribution is -2.07. The van der Waals surface area contributed by atoms with Crippen molar-refractivity contribution in [1.29, 1.82) is 0 Å². The number of hydrogen-bond donors (Lipinski definition) is 1. The SMILES string of the molecule is Nc1ncc(Cl)cc1-c1ccccc1C(F)(F)F. The number of anilines is 1. The number of halogens is 4. The molecule has 0 saturated heterocycles. The van der Waals surface area contributed by atoms with Crippen LogP contribution in [-0.4, -0.2) is 4.98 Å². The van der Waals surface area contributed by atoms with Gasteiger partial charge in [-0.15, -0.1) is 0 Å². The Morgan fingerprint density at radius 2 is 1.78 bits per heavy atom. The Balaban J connectivity index is 2.68. The maximum Gasteiger partial charge on any atom is 0.417 e. The van der Waals surface area contributed by atoms with Gasteiger partial charge in [0.05, 0.1) is 10.6 Å². The lowest BCUT2D eigenvalue weighted by atomic mass is 10.00. The average Bonchev–Trinajstić information content (AvgIpc) is 2.31. The Labute approximate surface area is 106 Å². The summed E-state index contributed by atoms with van der Waals surface area (Å²) in [5.41, 5.74) is 4.98. The van der Waals surface area contributed by atoms with Gasteiger partial charge >= 0.3 is 6.18 Å². The van der Waals surface area contributed by atoms with Crippen LogP contribution in [0, 0.1) is 0 Å². The first-order valence-electron chi connectivity index (χ1n) is 4.97. The van der Waals surface area contributed by atoms with E-state index >= 15 is 0 Å². The zero-order chi connectivity index (χ0) is 13.3. The van der Waals surface area contributed by atoms with E-state index in [0.29, 0.717) is 0 Å². The molecule has 0 aliphatic rings. The van der Waals surface area contributed by atoms with Crippen LogP contribution in [0.5, 0.6) is 0 Å². The zero-order valence-electron chi connectivity index (χ0n) is 9.00. The molecule has 0 aliphatic heterocycles. The molecule has 0 bridgehead atoms. The molecule has 0 atom stereocenters. The second kappa shape index (κ2) is 4.49. The minimum atomic E-state index is -4.45. The summed E-state index contributed by atoms with van der Waals surface area (Å²) in [7, 11) is 0. The molecule has 2 N–H and O–H groups in total. The van der Waals surface area contributed by atoms with E-state index in [2.05, 4.69) is 4.98 Å². The van der Waals surface area contributed by atoms with E-state index in [4.69, 9.17) is 17.3 Å². The Morgan fingerprint density at radius 3 is 2.44 bits per heavy atom. The van der Waals surface area contributed by atoms with Crippen LogP contribution in [-0.2, 0) is 6.18 Å². The number of pyridine rings is 1. The standard InChI is InChI=1S/C12H8ClF3N2/c13-7-5-9(11(17)18-6-7)8-3-1-2-4-10(8)12(14,15)16/h1-6H,(H2,17,18). The van der Waals surface area contributed by atoms with Crippen molar-refractivity contribution in [2.45, 2.75) is 6.18 Å². The largest absolute Gasteiger partial charge is 0.417 e. The maximum atomic E-state index is 12.9. The number of nitrogen functional groups attached to an aromatic ring is 1. The highest BCUT2D eigenvalue weighted by molar-refractivity contribution is 6.30. The Bertz CT molecular complexity index is 582. The zero-order valence-corrected chi connectivity index (χ0v) is 9.76. The number of rotatable bonds is 1. The van der Waals surface area contributed by atoms with Gasteiger partial charge in [0.15, 0.2) is 0 Å². The monoisotopic (exact) mass is 272 g/mol. The van der Waals surface area contributed by atoms with Crippen LogP contribution < -0.4 is 5.73 Å². The molecule has 0 amide bonds. The van der Waals surface area contributed by atoms with Crippen molar-refractivity contribution in [3.8, 4) is 11.1 Å². The van der Waals surface area contributed by atoms with Gasteiger partial charge in [0.2, 0.25) is 0 Å². The minimum absolute atomic E-state index is 0.0103. The third-order valence-corrected chi connectivity index (χ3v) is 2.61. The highest BCUT2D eigenvalue weighted by Gasteiger charge is 2.33. The van der Waals surface area contributed by atoms with Crippen molar-refractivity contribution in [1.82, 2.24) is 4.98 Å². The predicted molar refractivity (Wildman–Crippen MR) is 64.1 cm³/mol. The first-order valence-corrected chi connectivity index (χ1v) is 5.35. The predicted octanol–water partition coefficient (Wildman–Crippen LogP) is 4.00. The molecular weight excluding hydrogens is 265 g/mol.